The van der Waals surface area contributed by atoms with Gasteiger partial charge in [0, 0.05) is 13.1 Å². The van der Waals surface area contributed by atoms with Gasteiger partial charge < -0.3 is 4.90 Å². The molecule has 1 heteroatoms. The van der Waals surface area contributed by atoms with Crippen LogP contribution in [0.1, 0.15) is 33.1 Å². The van der Waals surface area contributed by atoms with Crippen molar-refractivity contribution < 1.29 is 0 Å². The molecular formula is C17H25N. The zero-order chi connectivity index (χ0) is 12.8. The minimum Gasteiger partial charge on any atom is -0.302 e. The Morgan fingerprint density at radius 1 is 1.28 bits per heavy atom. The van der Waals surface area contributed by atoms with Crippen molar-refractivity contribution in [3.05, 3.63) is 35.5 Å². The molecule has 2 atom stereocenters. The van der Waals surface area contributed by atoms with Crippen LogP contribution in [0.5, 0.6) is 0 Å². The van der Waals surface area contributed by atoms with E-state index in [0.717, 1.165) is 18.4 Å². The highest BCUT2D eigenvalue weighted by Crippen LogP contribution is 2.59. The monoisotopic (exact) mass is 243 g/mol. The summed E-state index contributed by atoms with van der Waals surface area (Å²) >= 11 is 0. The first kappa shape index (κ1) is 12.2. The van der Waals surface area contributed by atoms with E-state index in [4.69, 9.17) is 0 Å². The van der Waals surface area contributed by atoms with Gasteiger partial charge in [0.2, 0.25) is 0 Å². The van der Waals surface area contributed by atoms with Crippen LogP contribution in [0.3, 0.4) is 0 Å². The van der Waals surface area contributed by atoms with Crippen molar-refractivity contribution in [1.82, 2.24) is 4.90 Å². The van der Waals surface area contributed by atoms with Crippen LogP contribution in [0.25, 0.3) is 0 Å². The van der Waals surface area contributed by atoms with Crippen molar-refractivity contribution in [2.24, 2.45) is 17.3 Å². The van der Waals surface area contributed by atoms with Crippen LogP contribution in [0.4, 0.5) is 0 Å². The van der Waals surface area contributed by atoms with Gasteiger partial charge in [-0.05, 0) is 54.7 Å². The van der Waals surface area contributed by atoms with E-state index in [-0.39, 0.29) is 0 Å². The van der Waals surface area contributed by atoms with Crippen molar-refractivity contribution in [2.45, 2.75) is 33.1 Å². The van der Waals surface area contributed by atoms with Crippen molar-refractivity contribution in [2.75, 3.05) is 20.1 Å². The highest BCUT2D eigenvalue weighted by molar-refractivity contribution is 5.36. The quantitative estimate of drug-likeness (QED) is 0.713. The summed E-state index contributed by atoms with van der Waals surface area (Å²) < 4.78 is 0. The average Bonchev–Trinajstić information content (AvgIpc) is 2.38. The first-order valence-electron chi connectivity index (χ1n) is 7.33. The predicted molar refractivity (Wildman–Crippen MR) is 77.4 cm³/mol. The van der Waals surface area contributed by atoms with Crippen molar-refractivity contribution in [3.8, 4) is 0 Å². The maximum absolute atomic E-state index is 2.48. The topological polar surface area (TPSA) is 3.24 Å². The van der Waals surface area contributed by atoms with Gasteiger partial charge >= 0.3 is 0 Å². The molecule has 1 saturated carbocycles. The molecule has 0 aromatic rings. The number of allylic oxidation sites excluding steroid dienone is 4. The summed E-state index contributed by atoms with van der Waals surface area (Å²) in [6.07, 6.45) is 13.5. The first-order chi connectivity index (χ1) is 8.57. The maximum atomic E-state index is 2.48. The summed E-state index contributed by atoms with van der Waals surface area (Å²) in [6, 6.07) is 0. The highest BCUT2D eigenvalue weighted by atomic mass is 15.1. The Hall–Kier alpha value is -0.820. The number of hydrogen-bond donors (Lipinski definition) is 0. The van der Waals surface area contributed by atoms with Crippen LogP contribution >= 0.6 is 0 Å². The van der Waals surface area contributed by atoms with E-state index in [1.165, 1.54) is 31.4 Å². The molecule has 0 amide bonds. The van der Waals surface area contributed by atoms with E-state index in [1.807, 2.05) is 0 Å². The number of likely N-dealkylation sites (N-methyl/N-ethyl adjacent to an activating group) is 1. The Morgan fingerprint density at radius 2 is 2.11 bits per heavy atom. The molecule has 0 aromatic carbocycles. The SMILES string of the molecule is CN1CC=C(C=CC2=CC[C@H]3C[C@@H]2C3(C)C)CC1. The Labute approximate surface area is 111 Å². The third kappa shape index (κ3) is 1.99. The fourth-order valence-corrected chi connectivity index (χ4v) is 3.73. The molecule has 0 spiro atoms. The van der Waals surface area contributed by atoms with E-state index < -0.39 is 0 Å². The summed E-state index contributed by atoms with van der Waals surface area (Å²) in [7, 11) is 2.19. The second-order valence-electron chi connectivity index (χ2n) is 6.87. The lowest BCUT2D eigenvalue weighted by Gasteiger charge is -2.56. The molecule has 1 nitrogen and oxygen atoms in total. The van der Waals surface area contributed by atoms with Crippen LogP contribution in [-0.4, -0.2) is 25.0 Å². The molecule has 1 heterocycles. The van der Waals surface area contributed by atoms with E-state index in [0.29, 0.717) is 5.41 Å². The molecule has 1 fully saturated rings. The smallest absolute Gasteiger partial charge is 0.0165 e. The van der Waals surface area contributed by atoms with Crippen LogP contribution in [0.2, 0.25) is 0 Å². The Kier molecular flexibility index (Phi) is 2.97. The summed E-state index contributed by atoms with van der Waals surface area (Å²) in [5.74, 6) is 1.77. The van der Waals surface area contributed by atoms with Gasteiger partial charge in [0.15, 0.2) is 0 Å². The second kappa shape index (κ2) is 4.38. The summed E-state index contributed by atoms with van der Waals surface area (Å²) in [5.41, 5.74) is 3.67. The van der Waals surface area contributed by atoms with Crippen molar-refractivity contribution in [3.63, 3.8) is 0 Å². The Bertz CT molecular complexity index is 425. The fraction of sp³-hybridized carbons (Fsp3) is 0.647. The molecule has 0 unspecified atom stereocenters. The van der Waals surface area contributed by atoms with Gasteiger partial charge in [-0.2, -0.15) is 0 Å². The molecule has 0 aromatic heterocycles. The van der Waals surface area contributed by atoms with E-state index in [1.54, 1.807) is 5.57 Å². The first-order valence-corrected chi connectivity index (χ1v) is 7.33. The van der Waals surface area contributed by atoms with Gasteiger partial charge in [0.25, 0.3) is 0 Å². The van der Waals surface area contributed by atoms with Gasteiger partial charge in [-0.3, -0.25) is 0 Å². The van der Waals surface area contributed by atoms with Crippen LogP contribution < -0.4 is 0 Å². The van der Waals surface area contributed by atoms with Gasteiger partial charge in [-0.25, -0.2) is 0 Å². The third-order valence-corrected chi connectivity index (χ3v) is 5.45. The fourth-order valence-electron chi connectivity index (χ4n) is 3.73. The zero-order valence-corrected chi connectivity index (χ0v) is 11.9. The van der Waals surface area contributed by atoms with Crippen LogP contribution in [0, 0.1) is 17.3 Å². The molecule has 3 aliphatic carbocycles. The summed E-state index contributed by atoms with van der Waals surface area (Å²) in [5, 5.41) is 0. The largest absolute Gasteiger partial charge is 0.302 e. The second-order valence-corrected chi connectivity index (χ2v) is 6.87. The third-order valence-electron chi connectivity index (χ3n) is 5.45. The van der Waals surface area contributed by atoms with E-state index in [9.17, 15) is 0 Å². The number of hydrogen-bond acceptors (Lipinski definition) is 1. The number of rotatable bonds is 2. The highest BCUT2D eigenvalue weighted by Gasteiger charge is 2.50. The molecule has 4 rings (SSSR count). The average molecular weight is 243 g/mol. The minimum atomic E-state index is 0.551. The summed E-state index contributed by atoms with van der Waals surface area (Å²) in [4.78, 5) is 2.37. The minimum absolute atomic E-state index is 0.551. The molecule has 0 saturated heterocycles. The van der Waals surface area contributed by atoms with E-state index >= 15 is 0 Å². The zero-order valence-electron chi connectivity index (χ0n) is 11.9. The lowest BCUT2D eigenvalue weighted by molar-refractivity contribution is -0.00329. The van der Waals surface area contributed by atoms with Gasteiger partial charge in [-0.1, -0.05) is 38.2 Å². The Balaban J connectivity index is 1.69. The molecule has 98 valence electrons. The predicted octanol–water partition coefficient (Wildman–Crippen LogP) is 3.80. The molecule has 18 heavy (non-hydrogen) atoms. The molecule has 2 bridgehead atoms. The summed E-state index contributed by atoms with van der Waals surface area (Å²) in [6.45, 7) is 7.20. The molecule has 4 aliphatic rings. The molecule has 0 N–H and O–H groups in total. The van der Waals surface area contributed by atoms with Gasteiger partial charge in [-0.15, -0.1) is 0 Å². The Morgan fingerprint density at radius 3 is 2.72 bits per heavy atom. The number of nitrogens with zero attached hydrogens (tertiary/aromatic N) is 1. The van der Waals surface area contributed by atoms with Gasteiger partial charge in [0.1, 0.15) is 0 Å². The van der Waals surface area contributed by atoms with Crippen LogP contribution in [-0.2, 0) is 0 Å². The lowest BCUT2D eigenvalue weighted by Crippen LogP contribution is -2.47. The van der Waals surface area contributed by atoms with E-state index in [2.05, 4.69) is 50.1 Å². The lowest BCUT2D eigenvalue weighted by atomic mass is 9.49. The molecule has 0 radical (unpaired) electrons. The molecule has 1 aliphatic heterocycles. The van der Waals surface area contributed by atoms with Gasteiger partial charge in [0.05, 0.1) is 0 Å². The van der Waals surface area contributed by atoms with Crippen molar-refractivity contribution in [1.29, 1.82) is 0 Å². The number of fused-ring (bicyclic) bond motifs is 1. The van der Waals surface area contributed by atoms with Crippen LogP contribution in [0.15, 0.2) is 35.5 Å². The standard InChI is InChI=1S/C17H25N/c1-17(2)15-7-6-14(16(17)12-15)5-4-13-8-10-18(3)11-9-13/h4-6,8,15-16H,7,9-12H2,1-3H3/t15-,16-/m0/s1. The maximum Gasteiger partial charge on any atom is 0.0165 e. The normalized spacial score (nSPS) is 35.1. The van der Waals surface area contributed by atoms with Crippen molar-refractivity contribution >= 4 is 0 Å². The molecular weight excluding hydrogens is 218 g/mol.